The standard InChI is InChI=1S/C27H26N6O3.2H2/c1-2-36-25-10-24(28-21-6-4-3-5-16(21)25)27(35)33-13-19-17-11-32(12-18(17)20(19)14-33)26(34)15-7-8-22-23(9-15)30-31-29-22;;/h3-10,17-20H,2,11-14H2,1H3,(H,29,30,31);2*1H/t17-,18+,19?,20?;;. The highest BCUT2D eigenvalue weighted by molar-refractivity contribution is 5.98. The van der Waals surface area contributed by atoms with Crippen molar-refractivity contribution in [3.8, 4) is 5.75 Å². The predicted octanol–water partition coefficient (Wildman–Crippen LogP) is 3.49. The molecule has 4 aromatic rings. The van der Waals surface area contributed by atoms with E-state index in [2.05, 4.69) is 20.4 Å². The second kappa shape index (κ2) is 8.01. The fraction of sp³-hybridized carbons (Fsp3) is 0.370. The molecule has 1 saturated carbocycles. The van der Waals surface area contributed by atoms with Crippen LogP contribution in [0.15, 0.2) is 48.5 Å². The average Bonchev–Trinajstić information content (AvgIpc) is 3.62. The van der Waals surface area contributed by atoms with Gasteiger partial charge in [0.25, 0.3) is 11.8 Å². The van der Waals surface area contributed by atoms with Crippen LogP contribution < -0.4 is 4.74 Å². The third kappa shape index (κ3) is 3.18. The minimum Gasteiger partial charge on any atom is -0.493 e. The number of pyridine rings is 1. The number of nitrogens with zero attached hydrogens (tertiary/aromatic N) is 5. The van der Waals surface area contributed by atoms with E-state index in [1.165, 1.54) is 0 Å². The molecule has 4 atom stereocenters. The number of H-pyrrole nitrogens is 1. The minimum absolute atomic E-state index is 0. The smallest absolute Gasteiger partial charge is 0.272 e. The summed E-state index contributed by atoms with van der Waals surface area (Å²) < 4.78 is 5.82. The highest BCUT2D eigenvalue weighted by Gasteiger charge is 2.59. The number of para-hydroxylation sites is 1. The Labute approximate surface area is 210 Å². The van der Waals surface area contributed by atoms with Gasteiger partial charge in [-0.05, 0) is 60.9 Å². The topological polar surface area (TPSA) is 104 Å². The van der Waals surface area contributed by atoms with Crippen molar-refractivity contribution < 1.29 is 17.2 Å². The maximum absolute atomic E-state index is 13.5. The maximum atomic E-state index is 13.5. The molecule has 186 valence electrons. The number of amides is 2. The van der Waals surface area contributed by atoms with E-state index in [1.54, 1.807) is 12.1 Å². The zero-order valence-electron chi connectivity index (χ0n) is 19.9. The summed E-state index contributed by atoms with van der Waals surface area (Å²) in [7, 11) is 0. The number of benzene rings is 2. The number of carbonyl (C=O) groups is 2. The van der Waals surface area contributed by atoms with Crippen LogP contribution in [0.25, 0.3) is 21.9 Å². The van der Waals surface area contributed by atoms with Gasteiger partial charge in [-0.25, -0.2) is 4.98 Å². The molecule has 2 saturated heterocycles. The molecular weight excluding hydrogens is 456 g/mol. The molecule has 2 aliphatic heterocycles. The predicted molar refractivity (Wildman–Crippen MR) is 137 cm³/mol. The van der Waals surface area contributed by atoms with Gasteiger partial charge in [0.15, 0.2) is 0 Å². The van der Waals surface area contributed by atoms with Crippen LogP contribution in [0, 0.1) is 23.7 Å². The van der Waals surface area contributed by atoms with Crippen molar-refractivity contribution in [2.24, 2.45) is 23.7 Å². The summed E-state index contributed by atoms with van der Waals surface area (Å²) in [5, 5.41) is 11.7. The summed E-state index contributed by atoms with van der Waals surface area (Å²) in [6, 6.07) is 15.0. The lowest BCUT2D eigenvalue weighted by Gasteiger charge is -2.42. The van der Waals surface area contributed by atoms with E-state index in [-0.39, 0.29) is 14.7 Å². The van der Waals surface area contributed by atoms with Gasteiger partial charge in [0.2, 0.25) is 0 Å². The van der Waals surface area contributed by atoms with E-state index >= 15 is 0 Å². The fourth-order valence-corrected chi connectivity index (χ4v) is 6.55. The Morgan fingerprint density at radius 1 is 0.889 bits per heavy atom. The Kier molecular flexibility index (Phi) is 4.74. The quantitative estimate of drug-likeness (QED) is 0.474. The molecule has 2 aromatic carbocycles. The molecule has 7 rings (SSSR count). The van der Waals surface area contributed by atoms with Gasteiger partial charge in [-0.1, -0.05) is 12.1 Å². The Bertz CT molecular complexity index is 1510. The minimum atomic E-state index is -0.0389. The molecule has 1 aliphatic carbocycles. The second-order valence-electron chi connectivity index (χ2n) is 10.1. The van der Waals surface area contributed by atoms with Crippen molar-refractivity contribution in [2.75, 3.05) is 32.8 Å². The van der Waals surface area contributed by atoms with E-state index in [4.69, 9.17) is 4.74 Å². The zero-order valence-corrected chi connectivity index (χ0v) is 19.9. The van der Waals surface area contributed by atoms with Crippen molar-refractivity contribution in [1.82, 2.24) is 30.2 Å². The van der Waals surface area contributed by atoms with Crippen molar-refractivity contribution in [3.05, 3.63) is 59.8 Å². The first-order valence-electron chi connectivity index (χ1n) is 12.5. The van der Waals surface area contributed by atoms with E-state index in [1.807, 2.05) is 53.1 Å². The van der Waals surface area contributed by atoms with Crippen molar-refractivity contribution in [1.29, 1.82) is 0 Å². The van der Waals surface area contributed by atoms with E-state index in [0.29, 0.717) is 52.8 Å². The first-order valence-corrected chi connectivity index (χ1v) is 12.5. The Morgan fingerprint density at radius 3 is 2.28 bits per heavy atom. The summed E-state index contributed by atoms with van der Waals surface area (Å²) in [6.45, 7) is 5.39. The van der Waals surface area contributed by atoms with Crippen LogP contribution in [-0.4, -0.2) is 74.8 Å². The summed E-state index contributed by atoms with van der Waals surface area (Å²) in [6.07, 6.45) is 0. The van der Waals surface area contributed by atoms with Crippen molar-refractivity contribution in [2.45, 2.75) is 6.92 Å². The molecule has 0 bridgehead atoms. The van der Waals surface area contributed by atoms with Gasteiger partial charge in [-0.2, -0.15) is 15.4 Å². The van der Waals surface area contributed by atoms with Crippen LogP contribution in [0.3, 0.4) is 0 Å². The number of nitrogens with one attached hydrogen (secondary N) is 1. The molecule has 4 heterocycles. The molecule has 36 heavy (non-hydrogen) atoms. The normalized spacial score (nSPS) is 24.6. The van der Waals surface area contributed by atoms with Crippen LogP contribution >= 0.6 is 0 Å². The number of aromatic nitrogens is 4. The highest BCUT2D eigenvalue weighted by atomic mass is 16.5. The molecule has 2 amide bonds. The third-order valence-electron chi connectivity index (χ3n) is 8.26. The first-order chi connectivity index (χ1) is 17.6. The van der Waals surface area contributed by atoms with Gasteiger partial charge in [0.05, 0.1) is 12.1 Å². The number of likely N-dealkylation sites (tertiary alicyclic amines) is 2. The van der Waals surface area contributed by atoms with Gasteiger partial charge >= 0.3 is 0 Å². The molecular formula is C27H30N6O3. The molecule has 9 heteroatoms. The number of fused-ring (bicyclic) bond motifs is 6. The number of rotatable bonds is 4. The van der Waals surface area contributed by atoms with Gasteiger partial charge in [0.1, 0.15) is 22.5 Å². The molecule has 2 unspecified atom stereocenters. The van der Waals surface area contributed by atoms with Crippen molar-refractivity contribution >= 4 is 33.8 Å². The molecule has 1 N–H and O–H groups in total. The second-order valence-corrected chi connectivity index (χ2v) is 10.1. The monoisotopic (exact) mass is 486 g/mol. The number of carbonyl (C=O) groups excluding carboxylic acids is 2. The summed E-state index contributed by atoms with van der Waals surface area (Å²) >= 11 is 0. The van der Waals surface area contributed by atoms with Crippen LogP contribution in [0.2, 0.25) is 0 Å². The third-order valence-corrected chi connectivity index (χ3v) is 8.26. The van der Waals surface area contributed by atoms with Crippen LogP contribution in [0.5, 0.6) is 5.75 Å². The highest BCUT2D eigenvalue weighted by Crippen LogP contribution is 2.54. The number of hydrogen-bond acceptors (Lipinski definition) is 6. The summed E-state index contributed by atoms with van der Waals surface area (Å²) in [5.41, 5.74) is 3.30. The van der Waals surface area contributed by atoms with Gasteiger partial charge in [-0.15, -0.1) is 0 Å². The molecule has 3 fully saturated rings. The average molecular weight is 487 g/mol. The van der Waals surface area contributed by atoms with Gasteiger partial charge in [-0.3, -0.25) is 9.59 Å². The summed E-state index contributed by atoms with van der Waals surface area (Å²) in [4.78, 5) is 35.2. The zero-order chi connectivity index (χ0) is 24.4. The molecule has 0 radical (unpaired) electrons. The van der Waals surface area contributed by atoms with Crippen LogP contribution in [-0.2, 0) is 0 Å². The van der Waals surface area contributed by atoms with Crippen LogP contribution in [0.4, 0.5) is 0 Å². The first kappa shape index (κ1) is 21.3. The fourth-order valence-electron chi connectivity index (χ4n) is 6.55. The molecule has 3 aliphatic rings. The number of hydrogen-bond donors (Lipinski definition) is 1. The lowest BCUT2D eigenvalue weighted by Crippen LogP contribution is -2.44. The Hall–Kier alpha value is -4.01. The Morgan fingerprint density at radius 2 is 1.56 bits per heavy atom. The van der Waals surface area contributed by atoms with Crippen LogP contribution in [0.1, 0.15) is 30.6 Å². The molecule has 2 aromatic heterocycles. The Balaban J connectivity index is 0.00000147. The van der Waals surface area contributed by atoms with E-state index in [9.17, 15) is 9.59 Å². The number of ether oxygens (including phenoxy) is 1. The molecule has 0 spiro atoms. The number of aromatic amines is 1. The van der Waals surface area contributed by atoms with E-state index in [0.717, 1.165) is 42.6 Å². The lowest BCUT2D eigenvalue weighted by molar-refractivity contribution is 0.0629. The van der Waals surface area contributed by atoms with E-state index < -0.39 is 0 Å². The maximum Gasteiger partial charge on any atom is 0.272 e. The van der Waals surface area contributed by atoms with Gasteiger partial charge < -0.3 is 14.5 Å². The SMILES string of the molecule is CCOc1cc(C(=O)N2CC3C(C2)[C@@H]2CN(C(=O)c4ccc5n[nH]nc5c4)C[C@H]32)nc2ccccc12.[HH].[HH]. The molecule has 9 nitrogen and oxygen atoms in total. The summed E-state index contributed by atoms with van der Waals surface area (Å²) in [5.74, 6) is 2.45. The largest absolute Gasteiger partial charge is 0.493 e. The lowest BCUT2D eigenvalue weighted by atomic mass is 9.60. The van der Waals surface area contributed by atoms with Crippen molar-refractivity contribution in [3.63, 3.8) is 0 Å². The van der Waals surface area contributed by atoms with Gasteiger partial charge in [0, 0.05) is 46.0 Å².